The Bertz CT molecular complexity index is 1510. The lowest BCUT2D eigenvalue weighted by Gasteiger charge is -2.13. The molecule has 2 heterocycles. The van der Waals surface area contributed by atoms with Crippen LogP contribution in [0.2, 0.25) is 5.02 Å². The summed E-state index contributed by atoms with van der Waals surface area (Å²) in [4.78, 5) is 24.1. The number of carbonyl (C=O) groups is 1. The van der Waals surface area contributed by atoms with Gasteiger partial charge < -0.3 is 16.0 Å². The van der Waals surface area contributed by atoms with E-state index in [9.17, 15) is 27.6 Å². The molecule has 172 valence electrons. The Labute approximate surface area is 193 Å². The fourth-order valence-electron chi connectivity index (χ4n) is 3.40. The average molecular weight is 490 g/mol. The molecule has 13 heteroatoms. The highest BCUT2D eigenvalue weighted by molar-refractivity contribution is 6.30. The molecule has 0 saturated heterocycles. The minimum Gasteiger partial charge on any atom is -0.368 e. The predicted octanol–water partition coefficient (Wildman–Crippen LogP) is 3.91. The Morgan fingerprint density at radius 2 is 1.91 bits per heavy atom. The lowest BCUT2D eigenvalue weighted by atomic mass is 10.0. The molecule has 0 aliphatic heterocycles. The van der Waals surface area contributed by atoms with Gasteiger partial charge in [0.2, 0.25) is 11.9 Å². The van der Waals surface area contributed by atoms with Gasteiger partial charge in [-0.2, -0.15) is 23.4 Å². The van der Waals surface area contributed by atoms with Gasteiger partial charge >= 0.3 is 6.18 Å². The molecule has 0 aliphatic rings. The SMILES string of the molecule is N#Cc1cc(C(N)=O)cc(-c2nc(N)nc3c2ncn3Cc2cc(Cl)cc(C(F)(F)F)c2F)c1. The van der Waals surface area contributed by atoms with Crippen LogP contribution in [-0.2, 0) is 12.7 Å². The normalized spacial score (nSPS) is 11.5. The first kappa shape index (κ1) is 22.9. The van der Waals surface area contributed by atoms with Crippen LogP contribution in [-0.4, -0.2) is 25.4 Å². The number of nitrogens with two attached hydrogens (primary N) is 2. The first-order chi connectivity index (χ1) is 16.0. The number of imidazole rings is 1. The van der Waals surface area contributed by atoms with Gasteiger partial charge in [-0.3, -0.25) is 4.79 Å². The van der Waals surface area contributed by atoms with Crippen LogP contribution in [0.15, 0.2) is 36.7 Å². The van der Waals surface area contributed by atoms with E-state index in [0.717, 1.165) is 6.07 Å². The molecule has 0 spiro atoms. The topological polar surface area (TPSA) is 136 Å². The van der Waals surface area contributed by atoms with E-state index < -0.39 is 30.0 Å². The molecule has 1 amide bonds. The second kappa shape index (κ2) is 8.27. The molecule has 4 aromatic rings. The van der Waals surface area contributed by atoms with Crippen molar-refractivity contribution in [1.82, 2.24) is 19.5 Å². The number of benzene rings is 2. The average Bonchev–Trinajstić information content (AvgIpc) is 3.16. The van der Waals surface area contributed by atoms with Gasteiger partial charge in [-0.1, -0.05) is 11.6 Å². The molecule has 0 fully saturated rings. The summed E-state index contributed by atoms with van der Waals surface area (Å²) >= 11 is 5.78. The molecular formula is C21H12ClF4N7O. The van der Waals surface area contributed by atoms with E-state index in [4.69, 9.17) is 23.1 Å². The molecule has 0 bridgehead atoms. The zero-order chi connectivity index (χ0) is 24.8. The Morgan fingerprint density at radius 1 is 1.18 bits per heavy atom. The number of rotatable bonds is 4. The van der Waals surface area contributed by atoms with Gasteiger partial charge in [0.25, 0.3) is 0 Å². The summed E-state index contributed by atoms with van der Waals surface area (Å²) in [7, 11) is 0. The maximum atomic E-state index is 14.6. The van der Waals surface area contributed by atoms with E-state index in [1.54, 1.807) is 0 Å². The van der Waals surface area contributed by atoms with Crippen LogP contribution < -0.4 is 11.5 Å². The van der Waals surface area contributed by atoms with Crippen LogP contribution in [0.5, 0.6) is 0 Å². The van der Waals surface area contributed by atoms with Crippen molar-refractivity contribution in [3.05, 3.63) is 69.8 Å². The number of halogens is 5. The molecule has 0 aliphatic carbocycles. The minimum absolute atomic E-state index is 0.0412. The smallest absolute Gasteiger partial charge is 0.368 e. The number of amides is 1. The first-order valence-electron chi connectivity index (χ1n) is 9.36. The molecule has 4 rings (SSSR count). The molecule has 0 atom stereocenters. The van der Waals surface area contributed by atoms with E-state index in [-0.39, 0.29) is 50.1 Å². The van der Waals surface area contributed by atoms with Crippen LogP contribution in [0.25, 0.3) is 22.4 Å². The van der Waals surface area contributed by atoms with E-state index in [0.29, 0.717) is 6.07 Å². The summed E-state index contributed by atoms with van der Waals surface area (Å²) < 4.78 is 55.4. The number of nitrogen functional groups attached to an aromatic ring is 1. The second-order valence-electron chi connectivity index (χ2n) is 7.17. The van der Waals surface area contributed by atoms with Gasteiger partial charge in [-0.25, -0.2) is 14.4 Å². The van der Waals surface area contributed by atoms with Crippen molar-refractivity contribution in [2.24, 2.45) is 5.73 Å². The number of alkyl halides is 3. The third kappa shape index (κ3) is 4.20. The zero-order valence-corrected chi connectivity index (χ0v) is 17.6. The van der Waals surface area contributed by atoms with Gasteiger partial charge in [0.05, 0.1) is 30.1 Å². The maximum absolute atomic E-state index is 14.6. The van der Waals surface area contributed by atoms with Crippen molar-refractivity contribution in [2.75, 3.05) is 5.73 Å². The molecule has 2 aromatic heterocycles. The first-order valence-corrected chi connectivity index (χ1v) is 9.74. The fourth-order valence-corrected chi connectivity index (χ4v) is 3.64. The Hall–Kier alpha value is -4.24. The van der Waals surface area contributed by atoms with Gasteiger partial charge in [0.1, 0.15) is 17.0 Å². The number of hydrogen-bond acceptors (Lipinski definition) is 6. The van der Waals surface area contributed by atoms with Crippen molar-refractivity contribution in [1.29, 1.82) is 5.26 Å². The Kier molecular flexibility index (Phi) is 5.58. The van der Waals surface area contributed by atoms with Crippen LogP contribution in [0.4, 0.5) is 23.5 Å². The van der Waals surface area contributed by atoms with Crippen molar-refractivity contribution >= 4 is 34.6 Å². The number of aromatic nitrogens is 4. The minimum atomic E-state index is -4.94. The van der Waals surface area contributed by atoms with Crippen molar-refractivity contribution < 1.29 is 22.4 Å². The number of carbonyl (C=O) groups excluding carboxylic acids is 1. The Morgan fingerprint density at radius 3 is 2.56 bits per heavy atom. The number of hydrogen-bond donors (Lipinski definition) is 2. The van der Waals surface area contributed by atoms with Gasteiger partial charge in [0.15, 0.2) is 5.65 Å². The maximum Gasteiger partial charge on any atom is 0.419 e. The summed E-state index contributed by atoms with van der Waals surface area (Å²) in [6.07, 6.45) is -3.72. The quantitative estimate of drug-likeness (QED) is 0.417. The molecule has 0 radical (unpaired) electrons. The van der Waals surface area contributed by atoms with Crippen LogP contribution >= 0.6 is 11.6 Å². The van der Waals surface area contributed by atoms with Crippen molar-refractivity contribution in [2.45, 2.75) is 12.7 Å². The lowest BCUT2D eigenvalue weighted by molar-refractivity contribution is -0.140. The second-order valence-corrected chi connectivity index (χ2v) is 7.61. The number of primary amides is 1. The largest absolute Gasteiger partial charge is 0.419 e. The zero-order valence-electron chi connectivity index (χ0n) is 16.9. The summed E-state index contributed by atoms with van der Waals surface area (Å²) in [5, 5.41) is 8.98. The number of fused-ring (bicyclic) bond motifs is 1. The molecule has 4 N–H and O–H groups in total. The fraction of sp³-hybridized carbons (Fsp3) is 0.0952. The van der Waals surface area contributed by atoms with Crippen LogP contribution in [0, 0.1) is 17.1 Å². The van der Waals surface area contributed by atoms with Crippen LogP contribution in [0.1, 0.15) is 27.0 Å². The highest BCUT2D eigenvalue weighted by Crippen LogP contribution is 2.35. The Balaban J connectivity index is 1.87. The molecule has 0 unspecified atom stereocenters. The van der Waals surface area contributed by atoms with Gasteiger partial charge in [-0.15, -0.1) is 0 Å². The summed E-state index contributed by atoms with van der Waals surface area (Å²) in [6, 6.07) is 7.59. The van der Waals surface area contributed by atoms with Crippen molar-refractivity contribution in [3.63, 3.8) is 0 Å². The van der Waals surface area contributed by atoms with E-state index >= 15 is 0 Å². The highest BCUT2D eigenvalue weighted by Gasteiger charge is 2.35. The molecular weight excluding hydrogens is 478 g/mol. The summed E-state index contributed by atoms with van der Waals surface area (Å²) in [5.41, 5.74) is 10.1. The van der Waals surface area contributed by atoms with E-state index in [2.05, 4.69) is 15.0 Å². The van der Waals surface area contributed by atoms with E-state index in [1.165, 1.54) is 29.1 Å². The highest BCUT2D eigenvalue weighted by atomic mass is 35.5. The molecule has 0 saturated carbocycles. The molecule has 34 heavy (non-hydrogen) atoms. The predicted molar refractivity (Wildman–Crippen MR) is 114 cm³/mol. The molecule has 8 nitrogen and oxygen atoms in total. The number of nitriles is 1. The van der Waals surface area contributed by atoms with Gasteiger partial charge in [0, 0.05) is 21.7 Å². The summed E-state index contributed by atoms with van der Waals surface area (Å²) in [6.45, 7) is -0.396. The number of anilines is 1. The third-order valence-electron chi connectivity index (χ3n) is 4.86. The van der Waals surface area contributed by atoms with Crippen molar-refractivity contribution in [3.8, 4) is 17.3 Å². The van der Waals surface area contributed by atoms with Gasteiger partial charge in [-0.05, 0) is 30.3 Å². The molecule has 2 aromatic carbocycles. The van der Waals surface area contributed by atoms with E-state index in [1.807, 2.05) is 6.07 Å². The summed E-state index contributed by atoms with van der Waals surface area (Å²) in [5.74, 6) is -2.48. The monoisotopic (exact) mass is 489 g/mol. The lowest BCUT2D eigenvalue weighted by Crippen LogP contribution is -2.12. The standard InChI is InChI=1S/C21H12ClF4N7O/c22-13-4-12(15(23)14(5-13)21(24,25)26)7-33-8-30-17-16(31-20(29)32-19(17)33)10-1-9(6-27)2-11(3-10)18(28)34/h1-5,8H,7H2,(H2,28,34)(H2,29,31,32). The third-order valence-corrected chi connectivity index (χ3v) is 5.08. The van der Waals surface area contributed by atoms with Crippen LogP contribution in [0.3, 0.4) is 0 Å². The number of nitrogens with zero attached hydrogens (tertiary/aromatic N) is 5.